The molecule has 0 spiro atoms. The summed E-state index contributed by atoms with van der Waals surface area (Å²) in [7, 11) is 4.52. The normalized spacial score (nSPS) is 40.1. The molecule has 2 N–H and O–H groups in total. The smallest absolute Gasteiger partial charge is 0.0263 e. The van der Waals surface area contributed by atoms with E-state index in [-0.39, 0.29) is 0 Å². The zero-order valence-electron chi connectivity index (χ0n) is 9.45. The largest absolute Gasteiger partial charge is 0.330 e. The molecule has 0 aromatic rings. The van der Waals surface area contributed by atoms with Crippen molar-refractivity contribution in [3.63, 3.8) is 0 Å². The highest BCUT2D eigenvalue weighted by Crippen LogP contribution is 2.35. The Morgan fingerprint density at radius 3 is 2.79 bits per heavy atom. The summed E-state index contributed by atoms with van der Waals surface area (Å²) < 4.78 is 0. The molecule has 82 valence electrons. The summed E-state index contributed by atoms with van der Waals surface area (Å²) in [4.78, 5) is 5.02. The summed E-state index contributed by atoms with van der Waals surface area (Å²) in [5, 5.41) is 0. The number of hydrogen-bond acceptors (Lipinski definition) is 3. The van der Waals surface area contributed by atoms with Crippen LogP contribution in [0.25, 0.3) is 0 Å². The molecule has 2 saturated heterocycles. The molecule has 0 radical (unpaired) electrons. The number of nitrogens with two attached hydrogens (primary N) is 1. The van der Waals surface area contributed by atoms with E-state index in [1.165, 1.54) is 32.5 Å². The highest BCUT2D eigenvalue weighted by Gasteiger charge is 2.40. The van der Waals surface area contributed by atoms with Gasteiger partial charge in [-0.2, -0.15) is 0 Å². The average Bonchev–Trinajstić information content (AvgIpc) is 2.53. The zero-order chi connectivity index (χ0) is 10.1. The van der Waals surface area contributed by atoms with Gasteiger partial charge in [0.2, 0.25) is 0 Å². The van der Waals surface area contributed by atoms with Crippen LogP contribution in [0.3, 0.4) is 0 Å². The van der Waals surface area contributed by atoms with Crippen molar-refractivity contribution in [2.24, 2.45) is 17.6 Å². The second-order valence-electron chi connectivity index (χ2n) is 5.06. The first-order valence-corrected chi connectivity index (χ1v) is 5.81. The van der Waals surface area contributed by atoms with E-state index in [2.05, 4.69) is 23.9 Å². The molecule has 3 heteroatoms. The van der Waals surface area contributed by atoms with Crippen molar-refractivity contribution < 1.29 is 0 Å². The first-order valence-electron chi connectivity index (χ1n) is 5.81. The van der Waals surface area contributed by atoms with Gasteiger partial charge in [-0.05, 0) is 51.9 Å². The van der Waals surface area contributed by atoms with E-state index < -0.39 is 0 Å². The van der Waals surface area contributed by atoms with Crippen LogP contribution in [-0.4, -0.2) is 56.1 Å². The fourth-order valence-corrected chi connectivity index (χ4v) is 3.26. The van der Waals surface area contributed by atoms with Gasteiger partial charge in [0, 0.05) is 19.1 Å². The minimum Gasteiger partial charge on any atom is -0.330 e. The molecule has 2 heterocycles. The van der Waals surface area contributed by atoms with Crippen molar-refractivity contribution in [1.82, 2.24) is 9.80 Å². The lowest BCUT2D eigenvalue weighted by molar-refractivity contribution is 0.100. The standard InChI is InChI=1S/C11H23N3/c1-13-7-10-9(3-5-12)4-6-14(2)11(10)8-13/h9-11H,3-8,12H2,1-2H3. The number of likely N-dealkylation sites (N-methyl/N-ethyl adjacent to an activating group) is 2. The highest BCUT2D eigenvalue weighted by molar-refractivity contribution is 4.95. The Balaban J connectivity index is 2.03. The maximum Gasteiger partial charge on any atom is 0.0263 e. The van der Waals surface area contributed by atoms with E-state index in [0.29, 0.717) is 0 Å². The lowest BCUT2D eigenvalue weighted by atomic mass is 9.80. The molecule has 2 aliphatic rings. The summed E-state index contributed by atoms with van der Waals surface area (Å²) in [6.07, 6.45) is 2.57. The third-order valence-corrected chi connectivity index (χ3v) is 4.08. The number of piperidine rings is 1. The Morgan fingerprint density at radius 1 is 1.29 bits per heavy atom. The molecule has 0 saturated carbocycles. The van der Waals surface area contributed by atoms with Crippen molar-refractivity contribution in [3.05, 3.63) is 0 Å². The molecule has 0 aromatic heterocycles. The van der Waals surface area contributed by atoms with Crippen LogP contribution in [-0.2, 0) is 0 Å². The summed E-state index contributed by atoms with van der Waals surface area (Å²) in [6, 6.07) is 0.797. The molecule has 2 aliphatic heterocycles. The minimum atomic E-state index is 0.797. The lowest BCUT2D eigenvalue weighted by Gasteiger charge is -2.39. The van der Waals surface area contributed by atoms with Gasteiger partial charge in [0.25, 0.3) is 0 Å². The number of hydrogen-bond donors (Lipinski definition) is 1. The molecule has 14 heavy (non-hydrogen) atoms. The van der Waals surface area contributed by atoms with Crippen molar-refractivity contribution in [3.8, 4) is 0 Å². The second-order valence-corrected chi connectivity index (χ2v) is 5.06. The summed E-state index contributed by atoms with van der Waals surface area (Å²) in [5.41, 5.74) is 5.68. The van der Waals surface area contributed by atoms with Gasteiger partial charge in [-0.15, -0.1) is 0 Å². The van der Waals surface area contributed by atoms with Gasteiger partial charge >= 0.3 is 0 Å². The Morgan fingerprint density at radius 2 is 2.07 bits per heavy atom. The topological polar surface area (TPSA) is 32.5 Å². The predicted octanol–water partition coefficient (Wildman–Crippen LogP) is 0.217. The van der Waals surface area contributed by atoms with Crippen LogP contribution >= 0.6 is 0 Å². The number of fused-ring (bicyclic) bond motifs is 1. The van der Waals surface area contributed by atoms with Crippen LogP contribution in [0.1, 0.15) is 12.8 Å². The van der Waals surface area contributed by atoms with Crippen molar-refractivity contribution in [2.75, 3.05) is 40.3 Å². The zero-order valence-corrected chi connectivity index (χ0v) is 9.45. The SMILES string of the molecule is CN1CC2C(CCN)CCN(C)C2C1. The first kappa shape index (κ1) is 10.4. The number of rotatable bonds is 2. The van der Waals surface area contributed by atoms with Gasteiger partial charge in [-0.3, -0.25) is 0 Å². The van der Waals surface area contributed by atoms with Gasteiger partial charge in [0.05, 0.1) is 0 Å². The maximum atomic E-state index is 5.68. The van der Waals surface area contributed by atoms with E-state index >= 15 is 0 Å². The van der Waals surface area contributed by atoms with E-state index in [4.69, 9.17) is 5.73 Å². The molecule has 2 fully saturated rings. The van der Waals surface area contributed by atoms with Gasteiger partial charge in [0.1, 0.15) is 0 Å². The Kier molecular flexibility index (Phi) is 3.10. The Hall–Kier alpha value is -0.120. The molecule has 2 rings (SSSR count). The molecule has 0 amide bonds. The van der Waals surface area contributed by atoms with E-state index in [9.17, 15) is 0 Å². The quantitative estimate of drug-likeness (QED) is 0.687. The van der Waals surface area contributed by atoms with Crippen LogP contribution < -0.4 is 5.73 Å². The van der Waals surface area contributed by atoms with E-state index in [1.54, 1.807) is 0 Å². The van der Waals surface area contributed by atoms with Crippen molar-refractivity contribution >= 4 is 0 Å². The number of likely N-dealkylation sites (tertiary alicyclic amines) is 2. The summed E-state index contributed by atoms with van der Waals surface area (Å²) in [5.74, 6) is 1.76. The van der Waals surface area contributed by atoms with Crippen molar-refractivity contribution in [2.45, 2.75) is 18.9 Å². The monoisotopic (exact) mass is 197 g/mol. The fraction of sp³-hybridized carbons (Fsp3) is 1.00. The Bertz CT molecular complexity index is 195. The fourth-order valence-electron chi connectivity index (χ4n) is 3.26. The molecule has 3 nitrogen and oxygen atoms in total. The first-order chi connectivity index (χ1) is 6.72. The van der Waals surface area contributed by atoms with E-state index in [0.717, 1.165) is 24.4 Å². The Labute approximate surface area is 87.2 Å². The summed E-state index contributed by atoms with van der Waals surface area (Å²) >= 11 is 0. The molecule has 0 aliphatic carbocycles. The van der Waals surface area contributed by atoms with Gasteiger partial charge in [-0.25, -0.2) is 0 Å². The summed E-state index contributed by atoms with van der Waals surface area (Å²) in [6.45, 7) is 4.66. The molecular weight excluding hydrogens is 174 g/mol. The minimum absolute atomic E-state index is 0.797. The van der Waals surface area contributed by atoms with Crippen LogP contribution in [0, 0.1) is 11.8 Å². The van der Waals surface area contributed by atoms with Crippen LogP contribution in [0.15, 0.2) is 0 Å². The van der Waals surface area contributed by atoms with Crippen LogP contribution in [0.2, 0.25) is 0 Å². The third-order valence-electron chi connectivity index (χ3n) is 4.08. The lowest BCUT2D eigenvalue weighted by Crippen LogP contribution is -2.46. The predicted molar refractivity (Wildman–Crippen MR) is 59.2 cm³/mol. The molecular formula is C11H23N3. The van der Waals surface area contributed by atoms with Gasteiger partial charge in [0.15, 0.2) is 0 Å². The molecule has 3 atom stereocenters. The third kappa shape index (κ3) is 1.81. The van der Waals surface area contributed by atoms with E-state index in [1.807, 2.05) is 0 Å². The van der Waals surface area contributed by atoms with Gasteiger partial charge in [-0.1, -0.05) is 0 Å². The number of nitrogens with zero attached hydrogens (tertiary/aromatic N) is 2. The highest BCUT2D eigenvalue weighted by atomic mass is 15.2. The molecule has 0 aromatic carbocycles. The molecule has 3 unspecified atom stereocenters. The van der Waals surface area contributed by atoms with Crippen molar-refractivity contribution in [1.29, 1.82) is 0 Å². The average molecular weight is 197 g/mol. The van der Waals surface area contributed by atoms with Gasteiger partial charge < -0.3 is 15.5 Å². The van der Waals surface area contributed by atoms with Crippen LogP contribution in [0.5, 0.6) is 0 Å². The maximum absolute atomic E-state index is 5.68. The molecule has 0 bridgehead atoms. The van der Waals surface area contributed by atoms with Crippen LogP contribution in [0.4, 0.5) is 0 Å². The second kappa shape index (κ2) is 4.17.